The van der Waals surface area contributed by atoms with Gasteiger partial charge in [0.05, 0.1) is 7.11 Å². The van der Waals surface area contributed by atoms with Crippen LogP contribution in [0.2, 0.25) is 0 Å². The number of carbonyl (C=O) groups excluding carboxylic acids is 3. The maximum Gasteiger partial charge on any atom is 0.333 e. The van der Waals surface area contributed by atoms with Gasteiger partial charge in [-0.15, -0.1) is 0 Å². The molecule has 0 radical (unpaired) electrons. The third-order valence-electron chi connectivity index (χ3n) is 3.46. The molecule has 2 N–H and O–H groups in total. The zero-order valence-corrected chi connectivity index (χ0v) is 12.7. The Hall–Kier alpha value is -2.64. The van der Waals surface area contributed by atoms with E-state index in [0.717, 1.165) is 13.5 Å². The van der Waals surface area contributed by atoms with Gasteiger partial charge in [0.15, 0.2) is 6.04 Å². The molecule has 0 spiro atoms. The maximum atomic E-state index is 13.9. The van der Waals surface area contributed by atoms with Gasteiger partial charge >= 0.3 is 12.0 Å². The minimum Gasteiger partial charge on any atom is -0.467 e. The molecule has 8 heteroatoms. The van der Waals surface area contributed by atoms with Crippen LogP contribution < -0.4 is 10.6 Å². The molecule has 2 rings (SSSR count). The second kappa shape index (κ2) is 7.57. The van der Waals surface area contributed by atoms with Crippen molar-refractivity contribution in [2.24, 2.45) is 0 Å². The van der Waals surface area contributed by atoms with Crippen LogP contribution in [0.1, 0.15) is 18.0 Å². The fourth-order valence-corrected chi connectivity index (χ4v) is 2.30. The van der Waals surface area contributed by atoms with Gasteiger partial charge in [-0.3, -0.25) is 4.79 Å². The molecule has 1 aromatic rings. The highest BCUT2D eigenvalue weighted by Crippen LogP contribution is 2.18. The molecule has 1 heterocycles. The Balaban J connectivity index is 2.09. The van der Waals surface area contributed by atoms with E-state index in [-0.39, 0.29) is 18.1 Å². The SMILES string of the molecule is COC(=O)C(NC(=O)CN1CCCNC1=O)c1ccccc1F. The molecule has 0 saturated carbocycles. The lowest BCUT2D eigenvalue weighted by molar-refractivity contribution is -0.145. The molecule has 0 bridgehead atoms. The van der Waals surface area contributed by atoms with Gasteiger partial charge < -0.3 is 20.3 Å². The van der Waals surface area contributed by atoms with Crippen LogP contribution in [0.5, 0.6) is 0 Å². The van der Waals surface area contributed by atoms with Crippen LogP contribution in [0, 0.1) is 5.82 Å². The number of amides is 3. The number of esters is 1. The summed E-state index contributed by atoms with van der Waals surface area (Å²) in [5, 5.41) is 5.04. The standard InChI is InChI=1S/C15H18FN3O4/c1-23-14(21)13(10-5-2-3-6-11(10)16)18-12(20)9-19-8-4-7-17-15(19)22/h2-3,5-6,13H,4,7-9H2,1H3,(H,17,22)(H,18,20). The summed E-state index contributed by atoms with van der Waals surface area (Å²) in [6, 6.07) is 4.01. The molecule has 1 aliphatic rings. The predicted octanol–water partition coefficient (Wildman–Crippen LogP) is 0.571. The number of benzene rings is 1. The van der Waals surface area contributed by atoms with Gasteiger partial charge in [-0.1, -0.05) is 18.2 Å². The lowest BCUT2D eigenvalue weighted by Crippen LogP contribution is -2.51. The lowest BCUT2D eigenvalue weighted by atomic mass is 10.1. The second-order valence-corrected chi connectivity index (χ2v) is 5.05. The van der Waals surface area contributed by atoms with E-state index in [1.54, 1.807) is 6.07 Å². The summed E-state index contributed by atoms with van der Waals surface area (Å²) in [6.07, 6.45) is 0.729. The van der Waals surface area contributed by atoms with Crippen molar-refractivity contribution in [1.29, 1.82) is 0 Å². The number of hydrogen-bond acceptors (Lipinski definition) is 4. The van der Waals surface area contributed by atoms with Gasteiger partial charge in [-0.2, -0.15) is 0 Å². The van der Waals surface area contributed by atoms with Crippen molar-refractivity contribution in [3.63, 3.8) is 0 Å². The van der Waals surface area contributed by atoms with Crippen LogP contribution in [0.15, 0.2) is 24.3 Å². The summed E-state index contributed by atoms with van der Waals surface area (Å²) < 4.78 is 18.5. The highest BCUT2D eigenvalue weighted by atomic mass is 19.1. The van der Waals surface area contributed by atoms with Crippen molar-refractivity contribution in [1.82, 2.24) is 15.5 Å². The van der Waals surface area contributed by atoms with Crippen LogP contribution in [0.3, 0.4) is 0 Å². The van der Waals surface area contributed by atoms with Crippen molar-refractivity contribution in [2.75, 3.05) is 26.7 Å². The molecule has 0 aromatic heterocycles. The first kappa shape index (κ1) is 16.7. The van der Waals surface area contributed by atoms with Crippen molar-refractivity contribution < 1.29 is 23.5 Å². The minimum atomic E-state index is -1.26. The van der Waals surface area contributed by atoms with E-state index >= 15 is 0 Å². The largest absolute Gasteiger partial charge is 0.467 e. The quantitative estimate of drug-likeness (QED) is 0.776. The number of nitrogens with one attached hydrogen (secondary N) is 2. The fourth-order valence-electron chi connectivity index (χ4n) is 2.30. The van der Waals surface area contributed by atoms with E-state index in [0.29, 0.717) is 13.1 Å². The molecule has 1 unspecified atom stereocenters. The highest BCUT2D eigenvalue weighted by Gasteiger charge is 2.28. The second-order valence-electron chi connectivity index (χ2n) is 5.05. The monoisotopic (exact) mass is 323 g/mol. The summed E-state index contributed by atoms with van der Waals surface area (Å²) in [4.78, 5) is 36.9. The third-order valence-corrected chi connectivity index (χ3v) is 3.46. The van der Waals surface area contributed by atoms with Crippen molar-refractivity contribution >= 4 is 17.9 Å². The Morgan fingerprint density at radius 1 is 1.43 bits per heavy atom. The van der Waals surface area contributed by atoms with Crippen molar-refractivity contribution in [3.05, 3.63) is 35.6 Å². The Bertz CT molecular complexity index is 608. The van der Waals surface area contributed by atoms with Crippen molar-refractivity contribution in [3.8, 4) is 0 Å². The van der Waals surface area contributed by atoms with Gasteiger partial charge in [-0.25, -0.2) is 14.0 Å². The molecular weight excluding hydrogens is 305 g/mol. The zero-order chi connectivity index (χ0) is 16.8. The molecule has 1 fully saturated rings. The number of nitrogens with zero attached hydrogens (tertiary/aromatic N) is 1. The minimum absolute atomic E-state index is 0.01000. The van der Waals surface area contributed by atoms with E-state index in [1.165, 1.54) is 23.1 Å². The first-order valence-electron chi connectivity index (χ1n) is 7.17. The normalized spacial score (nSPS) is 15.6. The molecule has 3 amide bonds. The van der Waals surface area contributed by atoms with Crippen LogP contribution in [0.4, 0.5) is 9.18 Å². The Labute approximate surface area is 132 Å². The molecule has 23 heavy (non-hydrogen) atoms. The number of ether oxygens (including phenoxy) is 1. The average molecular weight is 323 g/mol. The van der Waals surface area contributed by atoms with Crippen molar-refractivity contribution in [2.45, 2.75) is 12.5 Å². The highest BCUT2D eigenvalue weighted by molar-refractivity contribution is 5.88. The lowest BCUT2D eigenvalue weighted by Gasteiger charge is -2.27. The van der Waals surface area contributed by atoms with Crippen LogP contribution in [0.25, 0.3) is 0 Å². The summed E-state index contributed by atoms with van der Waals surface area (Å²) >= 11 is 0. The number of halogens is 1. The Morgan fingerprint density at radius 3 is 2.83 bits per heavy atom. The van der Waals surface area contributed by atoms with Gasteiger partial charge in [0.25, 0.3) is 0 Å². The Morgan fingerprint density at radius 2 is 2.17 bits per heavy atom. The van der Waals surface area contributed by atoms with Crippen LogP contribution in [-0.4, -0.2) is 49.6 Å². The fraction of sp³-hybridized carbons (Fsp3) is 0.400. The van der Waals surface area contributed by atoms with E-state index in [1.807, 2.05) is 0 Å². The molecule has 1 saturated heterocycles. The predicted molar refractivity (Wildman–Crippen MR) is 78.9 cm³/mol. The summed E-state index contributed by atoms with van der Waals surface area (Å²) in [6.45, 7) is 0.798. The van der Waals surface area contributed by atoms with Crippen LogP contribution in [-0.2, 0) is 14.3 Å². The molecule has 1 aliphatic heterocycles. The Kier molecular flexibility index (Phi) is 5.51. The number of hydrogen-bond donors (Lipinski definition) is 2. The molecule has 1 atom stereocenters. The number of methoxy groups -OCH3 is 1. The van der Waals surface area contributed by atoms with Gasteiger partial charge in [0.2, 0.25) is 5.91 Å². The molecule has 0 aliphatic carbocycles. The van der Waals surface area contributed by atoms with Gasteiger partial charge in [0.1, 0.15) is 12.4 Å². The maximum absolute atomic E-state index is 13.9. The first-order chi connectivity index (χ1) is 11.0. The molecule has 124 valence electrons. The summed E-state index contributed by atoms with van der Waals surface area (Å²) in [5.74, 6) is -1.98. The van der Waals surface area contributed by atoms with E-state index in [2.05, 4.69) is 15.4 Å². The summed E-state index contributed by atoms with van der Waals surface area (Å²) in [7, 11) is 1.15. The number of carbonyl (C=O) groups is 3. The van der Waals surface area contributed by atoms with E-state index in [4.69, 9.17) is 0 Å². The smallest absolute Gasteiger partial charge is 0.333 e. The average Bonchev–Trinajstić information content (AvgIpc) is 2.55. The van der Waals surface area contributed by atoms with Gasteiger partial charge in [-0.05, 0) is 12.5 Å². The van der Waals surface area contributed by atoms with Crippen LogP contribution >= 0.6 is 0 Å². The molecule has 1 aromatic carbocycles. The number of urea groups is 1. The first-order valence-corrected chi connectivity index (χ1v) is 7.17. The van der Waals surface area contributed by atoms with E-state index in [9.17, 15) is 18.8 Å². The molecular formula is C15H18FN3O4. The third kappa shape index (κ3) is 4.18. The number of rotatable bonds is 5. The topological polar surface area (TPSA) is 87.7 Å². The van der Waals surface area contributed by atoms with Gasteiger partial charge in [0, 0.05) is 18.7 Å². The molecule has 7 nitrogen and oxygen atoms in total. The summed E-state index contributed by atoms with van der Waals surface area (Å²) in [5.41, 5.74) is 0.01000. The zero-order valence-electron chi connectivity index (χ0n) is 12.7. The van der Waals surface area contributed by atoms with E-state index < -0.39 is 23.7 Å².